The number of hydrogen-bond acceptors (Lipinski definition) is 2. The Labute approximate surface area is 109 Å². The fourth-order valence-corrected chi connectivity index (χ4v) is 2.64. The third-order valence-electron chi connectivity index (χ3n) is 4.00. The number of halogens is 3. The van der Waals surface area contributed by atoms with E-state index in [0.29, 0.717) is 6.42 Å². The standard InChI is InChI=1S/C14H16F3NO/c1-13(7-3-6-11(13)18)12(19)9-4-2-5-10(8-9)14(15,16)17/h2,4-5,8,11H,3,6-7,18H2,1H3. The van der Waals surface area contributed by atoms with E-state index in [1.54, 1.807) is 6.92 Å². The average molecular weight is 271 g/mol. The van der Waals surface area contributed by atoms with Crippen LogP contribution in [0.4, 0.5) is 13.2 Å². The zero-order chi connectivity index (χ0) is 14.3. The number of Topliss-reactive ketones (excluding diaryl/α,β-unsaturated/α-hetero) is 1. The Hall–Kier alpha value is -1.36. The van der Waals surface area contributed by atoms with Gasteiger partial charge in [-0.25, -0.2) is 0 Å². The summed E-state index contributed by atoms with van der Waals surface area (Å²) in [6.07, 6.45) is -2.23. The summed E-state index contributed by atoms with van der Waals surface area (Å²) in [5.74, 6) is -0.288. The predicted octanol–water partition coefficient (Wildman–Crippen LogP) is 3.41. The highest BCUT2D eigenvalue weighted by Gasteiger charge is 2.43. The van der Waals surface area contributed by atoms with Gasteiger partial charge in [0.2, 0.25) is 0 Å². The molecule has 0 bridgehead atoms. The van der Waals surface area contributed by atoms with E-state index in [1.807, 2.05) is 0 Å². The topological polar surface area (TPSA) is 43.1 Å². The second-order valence-corrected chi connectivity index (χ2v) is 5.32. The maximum absolute atomic E-state index is 12.6. The monoisotopic (exact) mass is 271 g/mol. The molecule has 5 heteroatoms. The van der Waals surface area contributed by atoms with Crippen LogP contribution >= 0.6 is 0 Å². The van der Waals surface area contributed by atoms with E-state index in [2.05, 4.69) is 0 Å². The highest BCUT2D eigenvalue weighted by molar-refractivity contribution is 6.01. The van der Waals surface area contributed by atoms with Crippen molar-refractivity contribution in [1.29, 1.82) is 0 Å². The molecule has 1 aliphatic rings. The van der Waals surface area contributed by atoms with Gasteiger partial charge < -0.3 is 5.73 Å². The molecule has 0 spiro atoms. The summed E-state index contributed by atoms with van der Waals surface area (Å²) >= 11 is 0. The Balaban J connectivity index is 2.35. The van der Waals surface area contributed by atoms with Crippen molar-refractivity contribution in [3.05, 3.63) is 35.4 Å². The minimum atomic E-state index is -4.44. The second kappa shape index (κ2) is 4.63. The molecule has 104 valence electrons. The van der Waals surface area contributed by atoms with Gasteiger partial charge in [-0.05, 0) is 25.0 Å². The van der Waals surface area contributed by atoms with Crippen LogP contribution in [-0.2, 0) is 6.18 Å². The molecule has 2 rings (SSSR count). The predicted molar refractivity (Wildman–Crippen MR) is 65.7 cm³/mol. The molecule has 0 aromatic heterocycles. The smallest absolute Gasteiger partial charge is 0.327 e. The van der Waals surface area contributed by atoms with Crippen LogP contribution in [0, 0.1) is 5.41 Å². The average Bonchev–Trinajstić information content (AvgIpc) is 2.69. The molecular formula is C14H16F3NO. The summed E-state index contributed by atoms with van der Waals surface area (Å²) in [5.41, 5.74) is 4.48. The molecule has 0 radical (unpaired) electrons. The van der Waals surface area contributed by atoms with Crippen molar-refractivity contribution in [3.8, 4) is 0 Å². The van der Waals surface area contributed by atoms with E-state index in [0.717, 1.165) is 25.0 Å². The summed E-state index contributed by atoms with van der Waals surface area (Å²) in [6, 6.07) is 4.29. The van der Waals surface area contributed by atoms with E-state index in [-0.39, 0.29) is 17.4 Å². The molecule has 1 fully saturated rings. The Morgan fingerprint density at radius 2 is 2.11 bits per heavy atom. The number of rotatable bonds is 2. The first kappa shape index (κ1) is 14.1. The number of nitrogens with two attached hydrogens (primary N) is 1. The summed E-state index contributed by atoms with van der Waals surface area (Å²) in [4.78, 5) is 12.4. The first-order valence-electron chi connectivity index (χ1n) is 6.23. The Morgan fingerprint density at radius 3 is 2.63 bits per heavy atom. The molecule has 1 aliphatic carbocycles. The van der Waals surface area contributed by atoms with Crippen molar-refractivity contribution in [2.45, 2.75) is 38.4 Å². The van der Waals surface area contributed by atoms with Crippen LogP contribution in [0.15, 0.2) is 24.3 Å². The molecule has 2 nitrogen and oxygen atoms in total. The number of alkyl halides is 3. The van der Waals surface area contributed by atoms with Crippen LogP contribution in [0.3, 0.4) is 0 Å². The first-order valence-corrected chi connectivity index (χ1v) is 6.23. The van der Waals surface area contributed by atoms with Crippen molar-refractivity contribution in [1.82, 2.24) is 0 Å². The number of carbonyl (C=O) groups excluding carboxylic acids is 1. The van der Waals surface area contributed by atoms with Gasteiger partial charge in [0.05, 0.1) is 5.56 Å². The van der Waals surface area contributed by atoms with E-state index in [9.17, 15) is 18.0 Å². The molecule has 1 aromatic rings. The normalized spacial score (nSPS) is 27.5. The van der Waals surface area contributed by atoms with E-state index in [1.165, 1.54) is 12.1 Å². The van der Waals surface area contributed by atoms with Crippen LogP contribution < -0.4 is 5.73 Å². The van der Waals surface area contributed by atoms with Crippen molar-refractivity contribution >= 4 is 5.78 Å². The summed E-state index contributed by atoms with van der Waals surface area (Å²) in [5, 5.41) is 0. The lowest BCUT2D eigenvalue weighted by Crippen LogP contribution is -2.41. The number of carbonyl (C=O) groups is 1. The number of benzene rings is 1. The zero-order valence-electron chi connectivity index (χ0n) is 10.6. The van der Waals surface area contributed by atoms with Crippen molar-refractivity contribution in [2.75, 3.05) is 0 Å². The second-order valence-electron chi connectivity index (χ2n) is 5.32. The zero-order valence-corrected chi connectivity index (χ0v) is 10.6. The highest BCUT2D eigenvalue weighted by Crippen LogP contribution is 2.40. The van der Waals surface area contributed by atoms with Crippen LogP contribution in [0.5, 0.6) is 0 Å². The van der Waals surface area contributed by atoms with Crippen LogP contribution in [0.1, 0.15) is 42.1 Å². The lowest BCUT2D eigenvalue weighted by molar-refractivity contribution is -0.137. The summed E-state index contributed by atoms with van der Waals surface area (Å²) in [6.45, 7) is 1.74. The van der Waals surface area contributed by atoms with Gasteiger partial charge in [-0.2, -0.15) is 13.2 Å². The third kappa shape index (κ3) is 2.52. The Bertz CT molecular complexity index is 498. The maximum atomic E-state index is 12.6. The van der Waals surface area contributed by atoms with Crippen molar-refractivity contribution < 1.29 is 18.0 Å². The number of ketones is 1. The van der Waals surface area contributed by atoms with Gasteiger partial charge in [0.25, 0.3) is 0 Å². The largest absolute Gasteiger partial charge is 0.416 e. The van der Waals surface area contributed by atoms with E-state index < -0.39 is 17.2 Å². The molecule has 0 saturated heterocycles. The summed E-state index contributed by atoms with van der Waals surface area (Å²) < 4.78 is 37.9. The van der Waals surface area contributed by atoms with E-state index in [4.69, 9.17) is 5.73 Å². The lowest BCUT2D eigenvalue weighted by atomic mass is 9.78. The highest BCUT2D eigenvalue weighted by atomic mass is 19.4. The Kier molecular flexibility index (Phi) is 3.43. The minimum absolute atomic E-state index is 0.0923. The molecule has 19 heavy (non-hydrogen) atoms. The van der Waals surface area contributed by atoms with Crippen LogP contribution in [0.25, 0.3) is 0 Å². The third-order valence-corrected chi connectivity index (χ3v) is 4.00. The van der Waals surface area contributed by atoms with Gasteiger partial charge in [0.15, 0.2) is 5.78 Å². The summed E-state index contributed by atoms with van der Waals surface area (Å²) in [7, 11) is 0. The molecular weight excluding hydrogens is 255 g/mol. The fourth-order valence-electron chi connectivity index (χ4n) is 2.64. The van der Waals surface area contributed by atoms with Crippen molar-refractivity contribution in [2.24, 2.45) is 11.1 Å². The van der Waals surface area contributed by atoms with Gasteiger partial charge in [0.1, 0.15) is 0 Å². The van der Waals surface area contributed by atoms with Crippen LogP contribution in [0.2, 0.25) is 0 Å². The minimum Gasteiger partial charge on any atom is -0.327 e. The first-order chi connectivity index (χ1) is 8.75. The maximum Gasteiger partial charge on any atom is 0.416 e. The Morgan fingerprint density at radius 1 is 1.42 bits per heavy atom. The van der Waals surface area contributed by atoms with Gasteiger partial charge in [0, 0.05) is 17.0 Å². The SMILES string of the molecule is CC1(C(=O)c2cccc(C(F)(F)F)c2)CCCC1N. The van der Waals surface area contributed by atoms with Crippen LogP contribution in [-0.4, -0.2) is 11.8 Å². The molecule has 2 N–H and O–H groups in total. The molecule has 0 aliphatic heterocycles. The molecule has 1 aromatic carbocycles. The van der Waals surface area contributed by atoms with Gasteiger partial charge >= 0.3 is 6.18 Å². The quantitative estimate of drug-likeness (QED) is 0.838. The van der Waals surface area contributed by atoms with Gasteiger partial charge in [-0.1, -0.05) is 25.5 Å². The molecule has 0 heterocycles. The van der Waals surface area contributed by atoms with E-state index >= 15 is 0 Å². The lowest BCUT2D eigenvalue weighted by Gasteiger charge is -2.27. The number of hydrogen-bond donors (Lipinski definition) is 1. The molecule has 0 amide bonds. The molecule has 2 atom stereocenters. The van der Waals surface area contributed by atoms with Crippen molar-refractivity contribution in [3.63, 3.8) is 0 Å². The fraction of sp³-hybridized carbons (Fsp3) is 0.500. The molecule has 2 unspecified atom stereocenters. The molecule has 1 saturated carbocycles. The van der Waals surface area contributed by atoms with Gasteiger partial charge in [-0.15, -0.1) is 0 Å². The van der Waals surface area contributed by atoms with Gasteiger partial charge in [-0.3, -0.25) is 4.79 Å².